The van der Waals surface area contributed by atoms with Crippen molar-refractivity contribution in [3.05, 3.63) is 81.8 Å². The molecule has 6 nitrogen and oxygen atoms in total. The fourth-order valence-electron chi connectivity index (χ4n) is 3.86. The van der Waals surface area contributed by atoms with Crippen LogP contribution >= 0.6 is 23.2 Å². The number of ether oxygens (including phenoxy) is 1. The zero-order chi connectivity index (χ0) is 27.8. The molecule has 1 atom stereocenters. The third kappa shape index (κ3) is 8.33. The standard InChI is InChI=1S/C28H28Cl2F2N2O4/c1-16(2)11-20(34-19-6-3-17(4-7-19)28(37)33-10-9-26(35)36)15-38-21-13-24(31)27(25(32)14-21)22-8-5-18(29)12-23(22)30/h3-8,12-14,16,20,34H,9-11,15H2,1-2H3,(H,33,37)(H,35,36)/t20-/m0/s1. The number of halogens is 4. The van der Waals surface area contributed by atoms with Gasteiger partial charge in [-0.3, -0.25) is 9.59 Å². The van der Waals surface area contributed by atoms with Gasteiger partial charge in [0.05, 0.1) is 23.0 Å². The van der Waals surface area contributed by atoms with E-state index in [0.29, 0.717) is 22.9 Å². The number of nitrogens with one attached hydrogen (secondary N) is 2. The van der Waals surface area contributed by atoms with Crippen LogP contribution in [0.1, 0.15) is 37.0 Å². The van der Waals surface area contributed by atoms with Gasteiger partial charge in [-0.05, 0) is 48.7 Å². The van der Waals surface area contributed by atoms with Crippen LogP contribution in [0.25, 0.3) is 11.1 Å². The Morgan fingerprint density at radius 1 is 1.00 bits per heavy atom. The molecule has 0 aliphatic rings. The molecule has 0 bridgehead atoms. The molecule has 0 aliphatic heterocycles. The Balaban J connectivity index is 1.67. The minimum absolute atomic E-state index is 0.0386. The van der Waals surface area contributed by atoms with Crippen LogP contribution < -0.4 is 15.4 Å². The lowest BCUT2D eigenvalue weighted by molar-refractivity contribution is -0.136. The number of carboxylic acid groups (broad SMARTS) is 1. The summed E-state index contributed by atoms with van der Waals surface area (Å²) in [6.07, 6.45) is 0.550. The fourth-order valence-corrected chi connectivity index (χ4v) is 4.36. The smallest absolute Gasteiger partial charge is 0.305 e. The van der Waals surface area contributed by atoms with E-state index in [1.165, 1.54) is 18.2 Å². The van der Waals surface area contributed by atoms with Crippen LogP contribution in [-0.2, 0) is 4.79 Å². The zero-order valence-corrected chi connectivity index (χ0v) is 22.4. The molecule has 0 fully saturated rings. The van der Waals surface area contributed by atoms with Gasteiger partial charge in [-0.1, -0.05) is 43.1 Å². The molecule has 0 aliphatic carbocycles. The minimum Gasteiger partial charge on any atom is -0.491 e. The maximum atomic E-state index is 14.9. The van der Waals surface area contributed by atoms with Gasteiger partial charge >= 0.3 is 5.97 Å². The van der Waals surface area contributed by atoms with Gasteiger partial charge in [0.15, 0.2) is 0 Å². The molecule has 3 rings (SSSR count). The van der Waals surface area contributed by atoms with Gasteiger partial charge in [-0.2, -0.15) is 0 Å². The topological polar surface area (TPSA) is 87.7 Å². The molecule has 0 saturated carbocycles. The second kappa shape index (κ2) is 13.4. The Labute approximate surface area is 229 Å². The molecule has 0 radical (unpaired) electrons. The van der Waals surface area contributed by atoms with Gasteiger partial charge in [0.1, 0.15) is 24.0 Å². The third-order valence-electron chi connectivity index (χ3n) is 5.57. The predicted molar refractivity (Wildman–Crippen MR) is 145 cm³/mol. The van der Waals surface area contributed by atoms with Gasteiger partial charge in [0.2, 0.25) is 0 Å². The lowest BCUT2D eigenvalue weighted by atomic mass is 10.0. The molecule has 3 N–H and O–H groups in total. The first kappa shape index (κ1) is 29.2. The molecule has 0 unspecified atom stereocenters. The first-order chi connectivity index (χ1) is 18.0. The van der Waals surface area contributed by atoms with E-state index >= 15 is 0 Å². The summed E-state index contributed by atoms with van der Waals surface area (Å²) in [6.45, 7) is 4.26. The number of benzene rings is 3. The molecule has 3 aromatic carbocycles. The van der Waals surface area contributed by atoms with Crippen LogP contribution in [0.3, 0.4) is 0 Å². The number of anilines is 1. The molecule has 3 aromatic rings. The van der Waals surface area contributed by atoms with E-state index < -0.39 is 17.6 Å². The molecule has 0 aromatic heterocycles. The van der Waals surface area contributed by atoms with Gasteiger partial charge in [0.25, 0.3) is 5.91 Å². The number of hydrogen-bond acceptors (Lipinski definition) is 4. The predicted octanol–water partition coefficient (Wildman–Crippen LogP) is 7.05. The van der Waals surface area contributed by atoms with Crippen molar-refractivity contribution in [3.8, 4) is 16.9 Å². The lowest BCUT2D eigenvalue weighted by Crippen LogP contribution is -2.29. The molecule has 0 saturated heterocycles. The average molecular weight is 565 g/mol. The lowest BCUT2D eigenvalue weighted by Gasteiger charge is -2.22. The summed E-state index contributed by atoms with van der Waals surface area (Å²) in [7, 11) is 0. The Hall–Kier alpha value is -3.36. The monoisotopic (exact) mass is 564 g/mol. The van der Waals surface area contributed by atoms with Crippen LogP contribution in [0.4, 0.5) is 14.5 Å². The van der Waals surface area contributed by atoms with Crippen molar-refractivity contribution in [2.75, 3.05) is 18.5 Å². The van der Waals surface area contributed by atoms with Crippen molar-refractivity contribution >= 4 is 40.8 Å². The van der Waals surface area contributed by atoms with Crippen LogP contribution in [0.5, 0.6) is 5.75 Å². The Morgan fingerprint density at radius 2 is 1.66 bits per heavy atom. The number of carbonyl (C=O) groups excluding carboxylic acids is 1. The maximum absolute atomic E-state index is 14.9. The van der Waals surface area contributed by atoms with E-state index in [1.807, 2.05) is 13.8 Å². The molecular formula is C28H28Cl2F2N2O4. The second-order valence-corrected chi connectivity index (χ2v) is 9.99. The normalized spacial score (nSPS) is 11.8. The highest BCUT2D eigenvalue weighted by molar-refractivity contribution is 6.36. The summed E-state index contributed by atoms with van der Waals surface area (Å²) in [5.41, 5.74) is 1.05. The van der Waals surface area contributed by atoms with Crippen molar-refractivity contribution in [2.24, 2.45) is 5.92 Å². The van der Waals surface area contributed by atoms with Crippen LogP contribution in [0.2, 0.25) is 10.0 Å². The van der Waals surface area contributed by atoms with E-state index in [9.17, 15) is 18.4 Å². The summed E-state index contributed by atoms with van der Waals surface area (Å²) in [5, 5.41) is 15.1. The van der Waals surface area contributed by atoms with Crippen molar-refractivity contribution in [2.45, 2.75) is 32.7 Å². The largest absolute Gasteiger partial charge is 0.491 e. The molecule has 202 valence electrons. The van der Waals surface area contributed by atoms with Crippen LogP contribution in [0, 0.1) is 17.6 Å². The van der Waals surface area contributed by atoms with Gasteiger partial charge in [0, 0.05) is 40.5 Å². The summed E-state index contributed by atoms with van der Waals surface area (Å²) >= 11 is 12.0. The molecule has 10 heteroatoms. The van der Waals surface area contributed by atoms with E-state index in [1.54, 1.807) is 24.3 Å². The number of rotatable bonds is 12. The maximum Gasteiger partial charge on any atom is 0.305 e. The number of amides is 1. The van der Waals surface area contributed by atoms with Crippen LogP contribution in [-0.4, -0.2) is 36.2 Å². The van der Waals surface area contributed by atoms with E-state index in [4.69, 9.17) is 33.0 Å². The summed E-state index contributed by atoms with van der Waals surface area (Å²) < 4.78 is 35.5. The molecule has 0 spiro atoms. The highest BCUT2D eigenvalue weighted by Crippen LogP contribution is 2.35. The minimum atomic E-state index is -0.990. The Kier molecular flexibility index (Phi) is 10.3. The summed E-state index contributed by atoms with van der Waals surface area (Å²) in [4.78, 5) is 22.7. The average Bonchev–Trinajstić information content (AvgIpc) is 2.83. The molecule has 0 heterocycles. The van der Waals surface area contributed by atoms with E-state index in [-0.39, 0.29) is 53.4 Å². The molecule has 1 amide bonds. The van der Waals surface area contributed by atoms with Crippen molar-refractivity contribution < 1.29 is 28.2 Å². The second-order valence-electron chi connectivity index (χ2n) is 9.14. The quantitative estimate of drug-likeness (QED) is 0.219. The van der Waals surface area contributed by atoms with Crippen LogP contribution in [0.15, 0.2) is 54.6 Å². The number of carboxylic acids is 1. The highest BCUT2D eigenvalue weighted by Gasteiger charge is 2.18. The Bertz CT molecular complexity index is 1260. The van der Waals surface area contributed by atoms with Gasteiger partial charge in [-0.25, -0.2) is 8.78 Å². The highest BCUT2D eigenvalue weighted by atomic mass is 35.5. The van der Waals surface area contributed by atoms with Gasteiger partial charge < -0.3 is 20.5 Å². The van der Waals surface area contributed by atoms with Crippen molar-refractivity contribution in [1.82, 2.24) is 5.32 Å². The van der Waals surface area contributed by atoms with Crippen molar-refractivity contribution in [1.29, 1.82) is 0 Å². The van der Waals surface area contributed by atoms with Gasteiger partial charge in [-0.15, -0.1) is 0 Å². The Morgan fingerprint density at radius 3 is 2.24 bits per heavy atom. The number of hydrogen-bond donors (Lipinski definition) is 3. The first-order valence-electron chi connectivity index (χ1n) is 12.0. The van der Waals surface area contributed by atoms with Crippen molar-refractivity contribution in [3.63, 3.8) is 0 Å². The molecule has 38 heavy (non-hydrogen) atoms. The number of aliphatic carboxylic acids is 1. The van der Waals surface area contributed by atoms with E-state index in [2.05, 4.69) is 10.6 Å². The first-order valence-corrected chi connectivity index (χ1v) is 12.7. The molecular weight excluding hydrogens is 537 g/mol. The summed E-state index contributed by atoms with van der Waals surface area (Å²) in [6, 6.07) is 13.1. The third-order valence-corrected chi connectivity index (χ3v) is 6.11. The van der Waals surface area contributed by atoms with E-state index in [0.717, 1.165) is 17.8 Å². The summed E-state index contributed by atoms with van der Waals surface area (Å²) in [5.74, 6) is -2.64. The SMILES string of the molecule is CC(C)C[C@@H](COc1cc(F)c(-c2ccc(Cl)cc2Cl)c(F)c1)Nc1ccc(C(=O)NCCC(=O)O)cc1. The fraction of sp³-hybridized carbons (Fsp3) is 0.286. The number of carbonyl (C=O) groups is 2. The zero-order valence-electron chi connectivity index (χ0n) is 20.9.